The van der Waals surface area contributed by atoms with Gasteiger partial charge in [-0.15, -0.1) is 0 Å². The molecule has 0 radical (unpaired) electrons. The van der Waals surface area contributed by atoms with Gasteiger partial charge in [0.2, 0.25) is 10.0 Å². The Balaban J connectivity index is 1.85. The molecule has 1 aliphatic rings. The number of hydrogen-bond acceptors (Lipinski definition) is 7. The molecule has 178 valence electrons. The molecular weight excluding hydrogens is 460 g/mol. The highest BCUT2D eigenvalue weighted by Crippen LogP contribution is 2.37. The van der Waals surface area contributed by atoms with Gasteiger partial charge in [-0.25, -0.2) is 18.5 Å². The third-order valence-corrected chi connectivity index (χ3v) is 6.36. The number of nitrogens with two attached hydrogens (primary N) is 1. The Hall–Kier alpha value is -3.92. The van der Waals surface area contributed by atoms with Gasteiger partial charge in [0.25, 0.3) is 0 Å². The number of sulfonamides is 1. The smallest absolute Gasteiger partial charge is 0.240 e. The Morgan fingerprint density at radius 2 is 1.97 bits per heavy atom. The fourth-order valence-corrected chi connectivity index (χ4v) is 4.62. The normalized spacial score (nSPS) is 15.9. The van der Waals surface area contributed by atoms with Gasteiger partial charge in [0.1, 0.15) is 16.9 Å². The van der Waals surface area contributed by atoms with E-state index in [0.29, 0.717) is 23.6 Å². The predicted molar refractivity (Wildman–Crippen MR) is 140 cm³/mol. The fourth-order valence-electron chi connectivity index (χ4n) is 3.94. The monoisotopic (exact) mass is 486 g/mol. The molecule has 0 amide bonds. The van der Waals surface area contributed by atoms with Crippen molar-refractivity contribution in [2.75, 3.05) is 6.54 Å². The lowest BCUT2D eigenvalue weighted by Crippen LogP contribution is -2.43. The molecule has 8 nitrogen and oxygen atoms in total. The van der Waals surface area contributed by atoms with Crippen LogP contribution in [0.1, 0.15) is 24.2 Å². The Labute approximate surface area is 205 Å². The minimum Gasteiger partial charge on any atom is -0.350 e. The molecule has 0 spiro atoms. The summed E-state index contributed by atoms with van der Waals surface area (Å²) in [5.41, 5.74) is 4.83. The summed E-state index contributed by atoms with van der Waals surface area (Å²) in [5.74, 6) is 0.375. The Bertz CT molecular complexity index is 1430. The number of benzene rings is 2. The zero-order chi connectivity index (χ0) is 24.8. The first-order valence-corrected chi connectivity index (χ1v) is 12.5. The van der Waals surface area contributed by atoms with E-state index in [-0.39, 0.29) is 4.90 Å². The number of aromatic nitrogens is 1. The molecule has 1 aromatic heterocycles. The highest BCUT2D eigenvalue weighted by molar-refractivity contribution is 7.89. The van der Waals surface area contributed by atoms with Gasteiger partial charge < -0.3 is 5.32 Å². The van der Waals surface area contributed by atoms with E-state index < -0.39 is 16.2 Å². The van der Waals surface area contributed by atoms with Gasteiger partial charge in [0.15, 0.2) is 0 Å². The molecule has 0 fully saturated rings. The Morgan fingerprint density at radius 3 is 2.69 bits per heavy atom. The molecule has 0 bridgehead atoms. The summed E-state index contributed by atoms with van der Waals surface area (Å²) >= 11 is 0. The van der Waals surface area contributed by atoms with Crippen molar-refractivity contribution in [2.45, 2.75) is 18.0 Å². The van der Waals surface area contributed by atoms with E-state index in [0.717, 1.165) is 22.4 Å². The summed E-state index contributed by atoms with van der Waals surface area (Å²) in [5, 5.41) is 12.3. The number of primary sulfonamides is 1. The van der Waals surface area contributed by atoms with Crippen molar-refractivity contribution in [3.05, 3.63) is 103 Å². The average molecular weight is 487 g/mol. The number of amidine groups is 1. The number of fused-ring (bicyclic) bond motifs is 1. The second kappa shape index (κ2) is 10.6. The quantitative estimate of drug-likeness (QED) is 0.418. The maximum absolute atomic E-state index is 12.2. The van der Waals surface area contributed by atoms with Gasteiger partial charge in [-0.2, -0.15) is 0 Å². The van der Waals surface area contributed by atoms with Crippen molar-refractivity contribution < 1.29 is 8.42 Å². The van der Waals surface area contributed by atoms with Crippen molar-refractivity contribution in [3.8, 4) is 11.1 Å². The van der Waals surface area contributed by atoms with Crippen LogP contribution < -0.4 is 15.8 Å². The molecule has 1 unspecified atom stereocenters. The molecular formula is C26H26N6O2S. The minimum absolute atomic E-state index is 0.101. The third kappa shape index (κ3) is 5.43. The van der Waals surface area contributed by atoms with Crippen LogP contribution in [-0.2, 0) is 10.0 Å². The zero-order valence-electron chi connectivity index (χ0n) is 19.2. The first-order chi connectivity index (χ1) is 16.9. The first-order valence-electron chi connectivity index (χ1n) is 11.0. The molecule has 0 aliphatic carbocycles. The van der Waals surface area contributed by atoms with Crippen LogP contribution in [0.2, 0.25) is 0 Å². The Morgan fingerprint density at radius 1 is 1.17 bits per heavy atom. The number of pyridine rings is 1. The van der Waals surface area contributed by atoms with Crippen LogP contribution in [0.3, 0.4) is 0 Å². The van der Waals surface area contributed by atoms with Gasteiger partial charge in [-0.05, 0) is 36.3 Å². The lowest BCUT2D eigenvalue weighted by atomic mass is 9.94. The number of nitrogens with zero attached hydrogens (tertiary/aromatic N) is 3. The first kappa shape index (κ1) is 24.2. The van der Waals surface area contributed by atoms with Crippen LogP contribution in [0, 0.1) is 0 Å². The van der Waals surface area contributed by atoms with E-state index >= 15 is 0 Å². The molecule has 9 heteroatoms. The van der Waals surface area contributed by atoms with E-state index in [2.05, 4.69) is 27.2 Å². The summed E-state index contributed by atoms with van der Waals surface area (Å²) in [6.07, 6.45) is 7.64. The van der Waals surface area contributed by atoms with Gasteiger partial charge >= 0.3 is 0 Å². The summed E-state index contributed by atoms with van der Waals surface area (Å²) in [6, 6.07) is 17.5. The van der Waals surface area contributed by atoms with Crippen LogP contribution in [0.25, 0.3) is 11.1 Å². The topological polar surface area (TPSA) is 122 Å². The number of hydrogen-bond donors (Lipinski definition) is 3. The molecule has 4 N–H and O–H groups in total. The zero-order valence-corrected chi connectivity index (χ0v) is 20.0. The Kier molecular flexibility index (Phi) is 7.31. The van der Waals surface area contributed by atoms with Crippen molar-refractivity contribution >= 4 is 27.3 Å². The second-order valence-electron chi connectivity index (χ2n) is 7.74. The summed E-state index contributed by atoms with van der Waals surface area (Å²) in [4.78, 5) is 12.9. The summed E-state index contributed by atoms with van der Waals surface area (Å²) < 4.78 is 24.5. The second-order valence-corrected chi connectivity index (χ2v) is 9.27. The van der Waals surface area contributed by atoms with Crippen molar-refractivity contribution in [1.29, 1.82) is 0 Å². The highest BCUT2D eigenvalue weighted by Gasteiger charge is 2.28. The lowest BCUT2D eigenvalue weighted by Gasteiger charge is -2.30. The number of rotatable bonds is 8. The number of nitrogens with one attached hydrogen (secondary N) is 2. The van der Waals surface area contributed by atoms with Crippen LogP contribution in [0.4, 0.5) is 5.69 Å². The predicted octanol–water partition coefficient (Wildman–Crippen LogP) is 3.83. The largest absolute Gasteiger partial charge is 0.350 e. The standard InChI is InChI=1S/C26H26N6O2S/c1-3-9-19(29-4-2)16-30-26-24-20(18-10-6-5-7-11-18)12-8-13-22(24)31-25(32-26)21-14-15-28-17-23(21)35(27,33)34/h3-15,17,26,30H,2,16H2,1H3,(H,31,32)(H2,27,33,34)/b9-3-,29-19+. The van der Waals surface area contributed by atoms with Gasteiger partial charge in [-0.1, -0.05) is 55.1 Å². The van der Waals surface area contributed by atoms with Crippen LogP contribution in [0.5, 0.6) is 0 Å². The van der Waals surface area contributed by atoms with Crippen molar-refractivity contribution in [3.63, 3.8) is 0 Å². The van der Waals surface area contributed by atoms with E-state index in [9.17, 15) is 8.42 Å². The summed E-state index contributed by atoms with van der Waals surface area (Å²) in [7, 11) is -4.01. The van der Waals surface area contributed by atoms with Crippen LogP contribution in [-0.4, -0.2) is 31.5 Å². The highest BCUT2D eigenvalue weighted by atomic mass is 32.2. The van der Waals surface area contributed by atoms with E-state index in [1.807, 2.05) is 67.6 Å². The number of allylic oxidation sites excluding steroid dienone is 1. The molecule has 35 heavy (non-hydrogen) atoms. The minimum atomic E-state index is -4.01. The summed E-state index contributed by atoms with van der Waals surface area (Å²) in [6.45, 7) is 6.05. The molecule has 2 heterocycles. The lowest BCUT2D eigenvalue weighted by molar-refractivity contribution is 0.538. The van der Waals surface area contributed by atoms with Gasteiger partial charge in [-0.3, -0.25) is 15.3 Å². The van der Waals surface area contributed by atoms with Crippen molar-refractivity contribution in [2.24, 2.45) is 15.1 Å². The molecule has 1 atom stereocenters. The van der Waals surface area contributed by atoms with E-state index in [1.165, 1.54) is 18.6 Å². The fraction of sp³-hybridized carbons (Fsp3) is 0.115. The molecule has 0 saturated carbocycles. The maximum Gasteiger partial charge on any atom is 0.240 e. The number of aliphatic imine (C=N–C) groups is 2. The van der Waals surface area contributed by atoms with E-state index in [4.69, 9.17) is 10.1 Å². The molecule has 4 rings (SSSR count). The SMILES string of the molecule is C=C/N=C(\C=C/C)CNC1NC(c2ccncc2S(N)(=O)=O)=Nc2cccc(-c3ccccc3)c21. The van der Waals surface area contributed by atoms with Crippen LogP contribution in [0.15, 0.2) is 107 Å². The third-order valence-electron chi connectivity index (χ3n) is 5.42. The average Bonchev–Trinajstić information content (AvgIpc) is 2.87. The molecule has 0 saturated heterocycles. The van der Waals surface area contributed by atoms with Gasteiger partial charge in [0, 0.05) is 36.3 Å². The maximum atomic E-state index is 12.2. The van der Waals surface area contributed by atoms with E-state index in [1.54, 1.807) is 6.07 Å². The van der Waals surface area contributed by atoms with Gasteiger partial charge in [0.05, 0.1) is 11.4 Å². The van der Waals surface area contributed by atoms with Crippen LogP contribution >= 0.6 is 0 Å². The molecule has 2 aromatic carbocycles. The molecule has 1 aliphatic heterocycles. The van der Waals surface area contributed by atoms with Crippen molar-refractivity contribution in [1.82, 2.24) is 15.6 Å². The molecule has 3 aromatic rings.